The molecule has 0 aromatic heterocycles. The Kier molecular flexibility index (Phi) is 5.90. The van der Waals surface area contributed by atoms with Crippen LogP contribution in [0.2, 0.25) is 0 Å². The average Bonchev–Trinajstić information content (AvgIpc) is 3.45. The Morgan fingerprint density at radius 1 is 0.750 bits per heavy atom. The molecule has 0 aromatic rings. The minimum atomic E-state index is 0.0301. The quantitative estimate of drug-likeness (QED) is 0.565. The normalized spacial score (nSPS) is 44.5. The van der Waals surface area contributed by atoms with Crippen LogP contribution in [0, 0.1) is 11.8 Å². The van der Waals surface area contributed by atoms with Crippen LogP contribution in [0.4, 0.5) is 0 Å². The molecule has 2 heterocycles. The third kappa shape index (κ3) is 4.14. The van der Waals surface area contributed by atoms with Crippen LogP contribution >= 0.6 is 0 Å². The highest BCUT2D eigenvalue weighted by molar-refractivity contribution is 4.99. The molecule has 140 valence electrons. The first-order valence-corrected chi connectivity index (χ1v) is 10.0. The Morgan fingerprint density at radius 2 is 1.08 bits per heavy atom. The fraction of sp³-hybridized carbons (Fsp3) is 1.00. The van der Waals surface area contributed by atoms with Crippen LogP contribution in [0.1, 0.15) is 66.2 Å². The van der Waals surface area contributed by atoms with E-state index in [1.165, 1.54) is 25.7 Å². The summed E-state index contributed by atoms with van der Waals surface area (Å²) in [6.45, 7) is 12.0. The standard InChI is InChI=1S/C20H36O4/c1-5-19(15(3)23-19)13-21-11-17-7-9-18(10-8-17)12-22-14-20(6-2)16(4)24-20/h15-18H,5-14H2,1-4H3. The second-order valence-corrected chi connectivity index (χ2v) is 8.27. The molecule has 2 saturated heterocycles. The highest BCUT2D eigenvalue weighted by Gasteiger charge is 2.52. The van der Waals surface area contributed by atoms with Crippen molar-refractivity contribution in [1.29, 1.82) is 0 Å². The van der Waals surface area contributed by atoms with E-state index < -0.39 is 0 Å². The van der Waals surface area contributed by atoms with Crippen molar-refractivity contribution in [2.24, 2.45) is 11.8 Å². The second-order valence-electron chi connectivity index (χ2n) is 8.27. The largest absolute Gasteiger partial charge is 0.378 e. The zero-order chi connectivity index (χ0) is 17.2. The lowest BCUT2D eigenvalue weighted by atomic mass is 9.83. The van der Waals surface area contributed by atoms with Gasteiger partial charge in [0.2, 0.25) is 0 Å². The number of hydrogen-bond acceptors (Lipinski definition) is 4. The molecule has 4 heteroatoms. The molecule has 24 heavy (non-hydrogen) atoms. The van der Waals surface area contributed by atoms with E-state index in [9.17, 15) is 0 Å². The first-order chi connectivity index (χ1) is 11.5. The molecule has 4 nitrogen and oxygen atoms in total. The number of epoxide rings is 2. The van der Waals surface area contributed by atoms with Crippen LogP contribution in [-0.2, 0) is 18.9 Å². The fourth-order valence-electron chi connectivity index (χ4n) is 4.25. The van der Waals surface area contributed by atoms with Crippen molar-refractivity contribution in [3.63, 3.8) is 0 Å². The highest BCUT2D eigenvalue weighted by atomic mass is 16.6. The van der Waals surface area contributed by atoms with Crippen molar-refractivity contribution >= 4 is 0 Å². The SMILES string of the molecule is CCC1(COCC2CCC(COCC3(CC)OC3C)CC2)OC1C. The van der Waals surface area contributed by atoms with Crippen LogP contribution in [0.3, 0.4) is 0 Å². The van der Waals surface area contributed by atoms with E-state index >= 15 is 0 Å². The van der Waals surface area contributed by atoms with Gasteiger partial charge in [-0.25, -0.2) is 0 Å². The van der Waals surface area contributed by atoms with Gasteiger partial charge in [0, 0.05) is 13.2 Å². The summed E-state index contributed by atoms with van der Waals surface area (Å²) in [4.78, 5) is 0. The number of ether oxygens (including phenoxy) is 4. The minimum absolute atomic E-state index is 0.0301. The van der Waals surface area contributed by atoms with Crippen LogP contribution < -0.4 is 0 Å². The molecule has 3 rings (SSSR count). The van der Waals surface area contributed by atoms with Gasteiger partial charge in [0.25, 0.3) is 0 Å². The van der Waals surface area contributed by atoms with E-state index in [-0.39, 0.29) is 11.2 Å². The predicted molar refractivity (Wildman–Crippen MR) is 94.2 cm³/mol. The third-order valence-electron chi connectivity index (χ3n) is 6.75. The van der Waals surface area contributed by atoms with Crippen LogP contribution in [0.15, 0.2) is 0 Å². The molecule has 3 aliphatic rings. The molecule has 4 unspecified atom stereocenters. The van der Waals surface area contributed by atoms with Crippen molar-refractivity contribution in [3.05, 3.63) is 0 Å². The summed E-state index contributed by atoms with van der Waals surface area (Å²) in [5, 5.41) is 0. The van der Waals surface area contributed by atoms with Gasteiger partial charge in [-0.3, -0.25) is 0 Å². The average molecular weight is 341 g/mol. The summed E-state index contributed by atoms with van der Waals surface area (Å²) < 4.78 is 23.4. The predicted octanol–water partition coefficient (Wildman–Crippen LogP) is 3.96. The third-order valence-corrected chi connectivity index (χ3v) is 6.75. The molecule has 0 radical (unpaired) electrons. The fourth-order valence-corrected chi connectivity index (χ4v) is 4.25. The lowest BCUT2D eigenvalue weighted by Crippen LogP contribution is -2.27. The molecular formula is C20H36O4. The molecule has 4 atom stereocenters. The van der Waals surface area contributed by atoms with Gasteiger partial charge < -0.3 is 18.9 Å². The van der Waals surface area contributed by atoms with Crippen LogP contribution in [-0.4, -0.2) is 49.8 Å². The maximum atomic E-state index is 5.98. The summed E-state index contributed by atoms with van der Waals surface area (Å²) in [6.07, 6.45) is 7.95. The summed E-state index contributed by atoms with van der Waals surface area (Å²) in [6, 6.07) is 0. The van der Waals surface area contributed by atoms with Crippen LogP contribution in [0.5, 0.6) is 0 Å². The van der Waals surface area contributed by atoms with E-state index in [1.54, 1.807) is 0 Å². The van der Waals surface area contributed by atoms with Crippen molar-refractivity contribution in [2.45, 2.75) is 89.6 Å². The Bertz CT molecular complexity index is 360. The van der Waals surface area contributed by atoms with Gasteiger partial charge >= 0.3 is 0 Å². The molecule has 0 amide bonds. The monoisotopic (exact) mass is 340 g/mol. The van der Waals surface area contributed by atoms with Gasteiger partial charge in [-0.1, -0.05) is 13.8 Å². The Morgan fingerprint density at radius 3 is 1.33 bits per heavy atom. The van der Waals surface area contributed by atoms with Gasteiger partial charge in [-0.15, -0.1) is 0 Å². The highest BCUT2D eigenvalue weighted by Crippen LogP contribution is 2.41. The first-order valence-electron chi connectivity index (χ1n) is 10.0. The lowest BCUT2D eigenvalue weighted by Gasteiger charge is -2.28. The van der Waals surface area contributed by atoms with Crippen LogP contribution in [0.25, 0.3) is 0 Å². The zero-order valence-electron chi connectivity index (χ0n) is 16.0. The smallest absolute Gasteiger partial charge is 0.117 e. The Balaban J connectivity index is 1.25. The molecule has 0 aromatic carbocycles. The minimum Gasteiger partial charge on any atom is -0.378 e. The molecular weight excluding hydrogens is 304 g/mol. The maximum absolute atomic E-state index is 5.98. The van der Waals surface area contributed by atoms with E-state index in [0.717, 1.165) is 51.1 Å². The number of hydrogen-bond donors (Lipinski definition) is 0. The van der Waals surface area contributed by atoms with Crippen molar-refractivity contribution in [3.8, 4) is 0 Å². The molecule has 2 aliphatic heterocycles. The summed E-state index contributed by atoms with van der Waals surface area (Å²) in [5.74, 6) is 1.44. The lowest BCUT2D eigenvalue weighted by molar-refractivity contribution is 0.0194. The maximum Gasteiger partial charge on any atom is 0.117 e. The van der Waals surface area contributed by atoms with Gasteiger partial charge in [-0.05, 0) is 64.2 Å². The summed E-state index contributed by atoms with van der Waals surface area (Å²) in [7, 11) is 0. The molecule has 0 N–H and O–H groups in total. The summed E-state index contributed by atoms with van der Waals surface area (Å²) >= 11 is 0. The molecule has 1 saturated carbocycles. The molecule has 3 fully saturated rings. The first kappa shape index (κ1) is 18.6. The van der Waals surface area contributed by atoms with Gasteiger partial charge in [0.15, 0.2) is 0 Å². The van der Waals surface area contributed by atoms with Crippen molar-refractivity contribution in [1.82, 2.24) is 0 Å². The zero-order valence-corrected chi connectivity index (χ0v) is 16.0. The second kappa shape index (κ2) is 7.61. The molecule has 0 bridgehead atoms. The van der Waals surface area contributed by atoms with E-state index in [0.29, 0.717) is 12.2 Å². The van der Waals surface area contributed by atoms with E-state index in [4.69, 9.17) is 18.9 Å². The molecule has 1 aliphatic carbocycles. The van der Waals surface area contributed by atoms with Gasteiger partial charge in [-0.2, -0.15) is 0 Å². The van der Waals surface area contributed by atoms with Crippen molar-refractivity contribution in [2.75, 3.05) is 26.4 Å². The summed E-state index contributed by atoms with van der Waals surface area (Å²) in [5.41, 5.74) is 0.0601. The van der Waals surface area contributed by atoms with Gasteiger partial charge in [0.05, 0.1) is 25.4 Å². The topological polar surface area (TPSA) is 43.5 Å². The van der Waals surface area contributed by atoms with Crippen molar-refractivity contribution < 1.29 is 18.9 Å². The number of rotatable bonds is 10. The van der Waals surface area contributed by atoms with Gasteiger partial charge in [0.1, 0.15) is 11.2 Å². The molecule has 0 spiro atoms. The Hall–Kier alpha value is -0.160. The van der Waals surface area contributed by atoms with E-state index in [1.807, 2.05) is 0 Å². The van der Waals surface area contributed by atoms with E-state index in [2.05, 4.69) is 27.7 Å². The Labute approximate surface area is 147 Å².